The molecular formula is C25H21NO7. The number of hydrogen-bond acceptors (Lipinski definition) is 7. The fraction of sp³-hybridized carbons (Fsp3) is 0.200. The lowest BCUT2D eigenvalue weighted by Gasteiger charge is -2.23. The number of rotatable bonds is 5. The standard InChI is InChI=1S/C25H21NO7/c1-14-10-16(30-2)6-7-17(14)23(27)21-22(19-4-3-9-31-19)26(25(29)24(21)28)12-15-5-8-18-20(11-15)33-13-32-18/h3-11,22,27H,12-13H2,1-2H3/b23-21-. The van der Waals surface area contributed by atoms with Crippen molar-refractivity contribution in [1.29, 1.82) is 0 Å². The molecule has 2 aromatic carbocycles. The van der Waals surface area contributed by atoms with Gasteiger partial charge in [0, 0.05) is 12.1 Å². The number of ether oxygens (including phenoxy) is 3. The SMILES string of the molecule is COc1ccc(/C(O)=C2/C(=O)C(=O)N(Cc3ccc4c(c3)OCO4)C2c2ccco2)c(C)c1. The van der Waals surface area contributed by atoms with Gasteiger partial charge in [0.1, 0.15) is 23.3 Å². The molecule has 3 heterocycles. The van der Waals surface area contributed by atoms with Gasteiger partial charge in [-0.15, -0.1) is 0 Å². The van der Waals surface area contributed by atoms with Crippen LogP contribution in [0.5, 0.6) is 17.2 Å². The van der Waals surface area contributed by atoms with E-state index in [0.29, 0.717) is 34.1 Å². The van der Waals surface area contributed by atoms with E-state index in [4.69, 9.17) is 18.6 Å². The highest BCUT2D eigenvalue weighted by atomic mass is 16.7. The summed E-state index contributed by atoms with van der Waals surface area (Å²) in [5, 5.41) is 11.2. The maximum Gasteiger partial charge on any atom is 0.296 e. The molecule has 1 N–H and O–H groups in total. The Bertz CT molecular complexity index is 1280. The number of fused-ring (bicyclic) bond motifs is 1. The van der Waals surface area contributed by atoms with E-state index in [2.05, 4.69) is 0 Å². The molecule has 1 atom stereocenters. The maximum atomic E-state index is 13.1. The lowest BCUT2D eigenvalue weighted by atomic mass is 9.97. The first-order valence-corrected chi connectivity index (χ1v) is 10.3. The van der Waals surface area contributed by atoms with Gasteiger partial charge in [0.15, 0.2) is 11.5 Å². The number of aliphatic hydroxyl groups excluding tert-OH is 1. The van der Waals surface area contributed by atoms with Crippen molar-refractivity contribution in [1.82, 2.24) is 4.90 Å². The second-order valence-electron chi connectivity index (χ2n) is 7.81. The van der Waals surface area contributed by atoms with Crippen LogP contribution < -0.4 is 14.2 Å². The molecule has 1 saturated heterocycles. The molecule has 2 aliphatic rings. The van der Waals surface area contributed by atoms with Crippen LogP contribution in [0.25, 0.3) is 5.76 Å². The zero-order valence-corrected chi connectivity index (χ0v) is 18.0. The summed E-state index contributed by atoms with van der Waals surface area (Å²) in [7, 11) is 1.55. The van der Waals surface area contributed by atoms with Crippen LogP contribution in [-0.4, -0.2) is 35.6 Å². The van der Waals surface area contributed by atoms with Crippen LogP contribution in [0.15, 0.2) is 64.8 Å². The largest absolute Gasteiger partial charge is 0.507 e. The number of aliphatic hydroxyl groups is 1. The molecule has 5 rings (SSSR count). The van der Waals surface area contributed by atoms with Crippen LogP contribution in [0, 0.1) is 6.92 Å². The van der Waals surface area contributed by atoms with Gasteiger partial charge < -0.3 is 28.6 Å². The van der Waals surface area contributed by atoms with Gasteiger partial charge in [-0.05, 0) is 60.5 Å². The number of likely N-dealkylation sites (tertiary alicyclic amines) is 1. The summed E-state index contributed by atoms with van der Waals surface area (Å²) in [4.78, 5) is 27.6. The number of aryl methyl sites for hydroxylation is 1. The average molecular weight is 447 g/mol. The summed E-state index contributed by atoms with van der Waals surface area (Å²) in [6.45, 7) is 2.05. The van der Waals surface area contributed by atoms with Gasteiger partial charge in [-0.1, -0.05) is 6.07 Å². The van der Waals surface area contributed by atoms with Gasteiger partial charge >= 0.3 is 0 Å². The number of ketones is 1. The van der Waals surface area contributed by atoms with Crippen LogP contribution in [0.1, 0.15) is 28.5 Å². The van der Waals surface area contributed by atoms with Gasteiger partial charge in [-0.25, -0.2) is 0 Å². The van der Waals surface area contributed by atoms with Gasteiger partial charge in [0.2, 0.25) is 6.79 Å². The van der Waals surface area contributed by atoms with Crippen molar-refractivity contribution < 1.29 is 33.3 Å². The monoisotopic (exact) mass is 447 g/mol. The molecule has 33 heavy (non-hydrogen) atoms. The second-order valence-corrected chi connectivity index (χ2v) is 7.81. The zero-order chi connectivity index (χ0) is 23.1. The molecule has 168 valence electrons. The minimum Gasteiger partial charge on any atom is -0.507 e. The Morgan fingerprint density at radius 1 is 1.12 bits per heavy atom. The molecule has 0 spiro atoms. The molecule has 3 aromatic rings. The summed E-state index contributed by atoms with van der Waals surface area (Å²) >= 11 is 0. The van der Waals surface area contributed by atoms with E-state index in [0.717, 1.165) is 5.56 Å². The van der Waals surface area contributed by atoms with Crippen LogP contribution in [0.3, 0.4) is 0 Å². The van der Waals surface area contributed by atoms with Crippen molar-refractivity contribution in [2.45, 2.75) is 19.5 Å². The van der Waals surface area contributed by atoms with Crippen molar-refractivity contribution in [2.75, 3.05) is 13.9 Å². The predicted molar refractivity (Wildman–Crippen MR) is 117 cm³/mol. The lowest BCUT2D eigenvalue weighted by molar-refractivity contribution is -0.140. The number of methoxy groups -OCH3 is 1. The van der Waals surface area contributed by atoms with E-state index in [1.54, 1.807) is 62.6 Å². The van der Waals surface area contributed by atoms with E-state index < -0.39 is 17.7 Å². The average Bonchev–Trinajstić information content (AvgIpc) is 3.55. The molecule has 1 amide bonds. The quantitative estimate of drug-likeness (QED) is 0.359. The maximum absolute atomic E-state index is 13.1. The topological polar surface area (TPSA) is 98.4 Å². The Morgan fingerprint density at radius 3 is 2.67 bits per heavy atom. The highest BCUT2D eigenvalue weighted by Gasteiger charge is 2.47. The predicted octanol–water partition coefficient (Wildman–Crippen LogP) is 3.95. The first-order valence-electron chi connectivity index (χ1n) is 10.3. The molecule has 0 bridgehead atoms. The highest BCUT2D eigenvalue weighted by Crippen LogP contribution is 2.42. The molecule has 8 heteroatoms. The Kier molecular flexibility index (Phi) is 5.05. The number of carbonyl (C=O) groups excluding carboxylic acids is 2. The normalized spacial score (nSPS) is 18.7. The van der Waals surface area contributed by atoms with E-state index in [-0.39, 0.29) is 24.7 Å². The van der Waals surface area contributed by atoms with Crippen molar-refractivity contribution >= 4 is 17.4 Å². The van der Waals surface area contributed by atoms with Gasteiger partial charge in [0.25, 0.3) is 11.7 Å². The molecule has 0 aliphatic carbocycles. The minimum atomic E-state index is -0.882. The summed E-state index contributed by atoms with van der Waals surface area (Å²) in [5.74, 6) is 0.443. The van der Waals surface area contributed by atoms with E-state index in [9.17, 15) is 14.7 Å². The van der Waals surface area contributed by atoms with Gasteiger partial charge in [0.05, 0.1) is 18.9 Å². The summed E-state index contributed by atoms with van der Waals surface area (Å²) < 4.78 is 21.6. The first kappa shape index (κ1) is 20.7. The number of amides is 1. The molecule has 1 aromatic heterocycles. The third kappa shape index (κ3) is 3.49. The van der Waals surface area contributed by atoms with Gasteiger partial charge in [-0.2, -0.15) is 0 Å². The number of nitrogens with zero attached hydrogens (tertiary/aromatic N) is 1. The Hall–Kier alpha value is -4.20. The lowest BCUT2D eigenvalue weighted by Crippen LogP contribution is -2.29. The first-order chi connectivity index (χ1) is 16.0. The zero-order valence-electron chi connectivity index (χ0n) is 18.0. The molecular weight excluding hydrogens is 426 g/mol. The molecule has 1 fully saturated rings. The van der Waals surface area contributed by atoms with Crippen molar-refractivity contribution in [3.63, 3.8) is 0 Å². The van der Waals surface area contributed by atoms with E-state index in [1.807, 2.05) is 0 Å². The number of carbonyl (C=O) groups is 2. The van der Waals surface area contributed by atoms with Gasteiger partial charge in [-0.3, -0.25) is 9.59 Å². The minimum absolute atomic E-state index is 0.0241. The molecule has 8 nitrogen and oxygen atoms in total. The van der Waals surface area contributed by atoms with Crippen LogP contribution >= 0.6 is 0 Å². The molecule has 1 unspecified atom stereocenters. The number of benzene rings is 2. The van der Waals surface area contributed by atoms with Crippen molar-refractivity contribution in [3.05, 3.63) is 82.8 Å². The molecule has 2 aliphatic heterocycles. The number of hydrogen-bond donors (Lipinski definition) is 1. The fourth-order valence-corrected chi connectivity index (χ4v) is 4.20. The third-order valence-electron chi connectivity index (χ3n) is 5.83. The summed E-state index contributed by atoms with van der Waals surface area (Å²) in [5.41, 5.74) is 1.86. The van der Waals surface area contributed by atoms with Crippen molar-refractivity contribution in [3.8, 4) is 17.2 Å². The van der Waals surface area contributed by atoms with Crippen molar-refractivity contribution in [2.24, 2.45) is 0 Å². The van der Waals surface area contributed by atoms with E-state index >= 15 is 0 Å². The van der Waals surface area contributed by atoms with Crippen LogP contribution in [0.4, 0.5) is 0 Å². The molecule has 0 radical (unpaired) electrons. The number of Topliss-reactive ketones (excluding diaryl/α,β-unsaturated/α-hetero) is 1. The Labute approximate surface area is 189 Å². The smallest absolute Gasteiger partial charge is 0.296 e. The summed E-state index contributed by atoms with van der Waals surface area (Å²) in [6.07, 6.45) is 1.47. The van der Waals surface area contributed by atoms with E-state index in [1.165, 1.54) is 11.2 Å². The van der Waals surface area contributed by atoms with Crippen LogP contribution in [0.2, 0.25) is 0 Å². The Balaban J connectivity index is 1.59. The second kappa shape index (κ2) is 8.05. The Morgan fingerprint density at radius 2 is 1.94 bits per heavy atom. The molecule has 0 saturated carbocycles. The highest BCUT2D eigenvalue weighted by molar-refractivity contribution is 6.46. The summed E-state index contributed by atoms with van der Waals surface area (Å²) in [6, 6.07) is 12.9. The number of furan rings is 1. The third-order valence-corrected chi connectivity index (χ3v) is 5.83. The van der Waals surface area contributed by atoms with Crippen LogP contribution in [-0.2, 0) is 16.1 Å². The fourth-order valence-electron chi connectivity index (χ4n) is 4.20.